The second kappa shape index (κ2) is 15.1. The molecular weight excluding hydrogens is 725 g/mol. The van der Waals surface area contributed by atoms with E-state index in [9.17, 15) is 32.7 Å². The summed E-state index contributed by atoms with van der Waals surface area (Å²) < 4.78 is 70.0. The van der Waals surface area contributed by atoms with E-state index in [0.717, 1.165) is 17.2 Å². The SMILES string of the molecule is COc1cc2cc(c1Cl)N(C)C(=O)C[C@H](OC(=O)Nc1ccc(N)cc1C(F)(F)F)[C@]1(C)O[C@H]1[C@H](C)[C@@H]1C[C@@](O)(NC(=O)O1)[C@H](OC)/C=C/C=C(\C)C2. The maximum Gasteiger partial charge on any atom is 0.418 e. The number of anilines is 3. The summed E-state index contributed by atoms with van der Waals surface area (Å²) in [6.45, 7) is 5.13. The van der Waals surface area contributed by atoms with Crippen molar-refractivity contribution >= 4 is 46.8 Å². The molecule has 2 aromatic carbocycles. The van der Waals surface area contributed by atoms with Gasteiger partial charge in [-0.15, -0.1) is 0 Å². The molecule has 5 N–H and O–H groups in total. The minimum absolute atomic E-state index is 0.135. The first kappa shape index (κ1) is 39.7. The number of nitrogens with two attached hydrogens (primary N) is 1. The number of nitrogen functional groups attached to an aromatic ring is 1. The fourth-order valence-corrected chi connectivity index (χ4v) is 7.09. The van der Waals surface area contributed by atoms with Crippen LogP contribution in [-0.2, 0) is 36.3 Å². The molecule has 2 saturated heterocycles. The van der Waals surface area contributed by atoms with E-state index in [1.165, 1.54) is 32.2 Å². The molecule has 0 aromatic heterocycles. The number of carbonyl (C=O) groups is 3. The molecule has 3 aliphatic rings. The molecule has 0 aliphatic carbocycles. The Kier molecular flexibility index (Phi) is 11.3. The van der Waals surface area contributed by atoms with Crippen LogP contribution in [0.15, 0.2) is 54.1 Å². The van der Waals surface area contributed by atoms with Gasteiger partial charge in [0.1, 0.15) is 34.7 Å². The molecule has 0 spiro atoms. The molecule has 13 nitrogen and oxygen atoms in total. The van der Waals surface area contributed by atoms with E-state index in [0.29, 0.717) is 18.2 Å². The van der Waals surface area contributed by atoms with Crippen molar-refractivity contribution in [2.75, 3.05) is 37.2 Å². The van der Waals surface area contributed by atoms with Gasteiger partial charge in [-0.3, -0.25) is 15.4 Å². The molecule has 288 valence electrons. The van der Waals surface area contributed by atoms with Crippen molar-refractivity contribution < 1.29 is 56.3 Å². The number of fused-ring (bicyclic) bond motifs is 5. The number of carbonyl (C=O) groups excluding carboxylic acids is 3. The van der Waals surface area contributed by atoms with Crippen LogP contribution in [0.1, 0.15) is 44.7 Å². The Hall–Kier alpha value is -4.51. The van der Waals surface area contributed by atoms with Crippen molar-refractivity contribution in [1.29, 1.82) is 0 Å². The number of benzene rings is 2. The molecule has 0 radical (unpaired) electrons. The lowest BCUT2D eigenvalue weighted by Crippen LogP contribution is -2.63. The standard InChI is InChI=1S/C36H42ClF3N4O9/c1-18-8-7-9-27(50-6)35(48)17-26(51-33(47)43-35)19(2)31-34(3,53-31)28(52-32(46)42-23-11-10-21(41)15-22(23)36(38,39)40)16-29(45)44(4)24-13-20(12-18)14-25(49-5)30(24)37/h7-11,13-15,19,26-28,31,48H,12,16-17,41H2,1-6H3,(H,42,46)(H,43,47)/b9-7+,18-8+/t19-,26+,27-,28+,31+,34+,35+/m1/s1. The van der Waals surface area contributed by atoms with Gasteiger partial charge < -0.3 is 39.4 Å². The summed E-state index contributed by atoms with van der Waals surface area (Å²) in [5, 5.41) is 16.4. The summed E-state index contributed by atoms with van der Waals surface area (Å²) in [6, 6.07) is 6.26. The lowest BCUT2D eigenvalue weighted by Gasteiger charge is -2.42. The number of methoxy groups -OCH3 is 2. The molecular formula is C36H42ClF3N4O9. The topological polar surface area (TPSA) is 174 Å². The third kappa shape index (κ3) is 8.51. The van der Waals surface area contributed by atoms with E-state index >= 15 is 0 Å². The molecule has 5 rings (SSSR count). The number of ether oxygens (including phenoxy) is 5. The summed E-state index contributed by atoms with van der Waals surface area (Å²) in [6.07, 6.45) is -6.42. The second-order valence-electron chi connectivity index (χ2n) is 13.6. The Labute approximate surface area is 309 Å². The number of alkyl halides is 3. The summed E-state index contributed by atoms with van der Waals surface area (Å²) in [7, 11) is 4.28. The predicted octanol–water partition coefficient (Wildman–Crippen LogP) is 5.97. The number of rotatable bonds is 4. The number of hydrogen-bond donors (Lipinski definition) is 4. The Balaban J connectivity index is 1.55. The molecule has 3 amide bonds. The van der Waals surface area contributed by atoms with Crippen LogP contribution in [0.25, 0.3) is 0 Å². The second-order valence-corrected chi connectivity index (χ2v) is 14.0. The number of hydrogen-bond acceptors (Lipinski definition) is 10. The highest BCUT2D eigenvalue weighted by atomic mass is 35.5. The average molecular weight is 767 g/mol. The van der Waals surface area contributed by atoms with E-state index in [-0.39, 0.29) is 22.8 Å². The molecule has 7 atom stereocenters. The van der Waals surface area contributed by atoms with Gasteiger partial charge in [0.2, 0.25) is 5.91 Å². The zero-order chi connectivity index (χ0) is 39.0. The Morgan fingerprint density at radius 3 is 2.58 bits per heavy atom. The molecule has 3 aliphatic heterocycles. The highest BCUT2D eigenvalue weighted by Gasteiger charge is 2.64. The number of halogens is 4. The number of epoxide rings is 1. The molecule has 2 fully saturated rings. The first-order valence-corrected chi connectivity index (χ1v) is 17.0. The predicted molar refractivity (Wildman–Crippen MR) is 189 cm³/mol. The highest BCUT2D eigenvalue weighted by molar-refractivity contribution is 6.35. The fraction of sp³-hybridized carbons (Fsp3) is 0.472. The first-order chi connectivity index (χ1) is 24.8. The lowest BCUT2D eigenvalue weighted by molar-refractivity contribution is -0.142. The zero-order valence-corrected chi connectivity index (χ0v) is 30.6. The average Bonchev–Trinajstić information content (AvgIpc) is 3.78. The number of nitrogens with zero attached hydrogens (tertiary/aromatic N) is 1. The molecule has 0 unspecified atom stereocenters. The monoisotopic (exact) mass is 766 g/mol. The number of amides is 3. The van der Waals surface area contributed by atoms with Gasteiger partial charge in [0.05, 0.1) is 36.6 Å². The van der Waals surface area contributed by atoms with Crippen LogP contribution in [0.3, 0.4) is 0 Å². The Morgan fingerprint density at radius 1 is 1.21 bits per heavy atom. The number of nitrogens with one attached hydrogen (secondary N) is 2. The van der Waals surface area contributed by atoms with Crippen LogP contribution < -0.4 is 26.0 Å². The van der Waals surface area contributed by atoms with Crippen molar-refractivity contribution in [2.24, 2.45) is 5.92 Å². The van der Waals surface area contributed by atoms with Gasteiger partial charge in [-0.25, -0.2) is 9.59 Å². The smallest absolute Gasteiger partial charge is 0.418 e. The van der Waals surface area contributed by atoms with Crippen molar-refractivity contribution in [1.82, 2.24) is 5.32 Å². The molecule has 53 heavy (non-hydrogen) atoms. The number of alkyl carbamates (subject to hydrolysis) is 1. The normalized spacial score (nSPS) is 30.9. The largest absolute Gasteiger partial charge is 0.495 e. The van der Waals surface area contributed by atoms with Crippen LogP contribution in [-0.4, -0.2) is 80.2 Å². The van der Waals surface area contributed by atoms with Gasteiger partial charge in [-0.2, -0.15) is 13.2 Å². The van der Waals surface area contributed by atoms with E-state index < -0.39 is 83.6 Å². The molecule has 2 aromatic rings. The number of allylic oxidation sites excluding steroid dienone is 3. The van der Waals surface area contributed by atoms with Gasteiger partial charge in [-0.1, -0.05) is 42.3 Å². The third-order valence-electron chi connectivity index (χ3n) is 9.79. The Morgan fingerprint density at radius 2 is 1.92 bits per heavy atom. The van der Waals surface area contributed by atoms with Gasteiger partial charge in [0, 0.05) is 32.2 Å². The number of aliphatic hydroxyl groups is 1. The summed E-state index contributed by atoms with van der Waals surface area (Å²) in [4.78, 5) is 41.4. The van der Waals surface area contributed by atoms with Crippen LogP contribution in [0.4, 0.5) is 39.8 Å². The minimum Gasteiger partial charge on any atom is -0.495 e. The van der Waals surface area contributed by atoms with Crippen molar-refractivity contribution in [3.05, 3.63) is 70.3 Å². The molecule has 4 bridgehead atoms. The van der Waals surface area contributed by atoms with Crippen LogP contribution in [0.5, 0.6) is 5.75 Å². The van der Waals surface area contributed by atoms with Crippen LogP contribution >= 0.6 is 11.6 Å². The zero-order valence-electron chi connectivity index (χ0n) is 29.9. The van der Waals surface area contributed by atoms with Crippen LogP contribution in [0.2, 0.25) is 5.02 Å². The first-order valence-electron chi connectivity index (χ1n) is 16.6. The summed E-state index contributed by atoms with van der Waals surface area (Å²) in [5.41, 5.74) is 2.14. The lowest BCUT2D eigenvalue weighted by atomic mass is 9.83. The van der Waals surface area contributed by atoms with Gasteiger partial charge in [0.15, 0.2) is 5.72 Å². The van der Waals surface area contributed by atoms with E-state index in [1.54, 1.807) is 44.2 Å². The van der Waals surface area contributed by atoms with E-state index in [2.05, 4.69) is 10.6 Å². The van der Waals surface area contributed by atoms with E-state index in [4.69, 9.17) is 41.0 Å². The van der Waals surface area contributed by atoms with Crippen LogP contribution in [0, 0.1) is 5.92 Å². The molecule has 0 saturated carbocycles. The van der Waals surface area contributed by atoms with Gasteiger partial charge in [-0.05, 0) is 56.2 Å². The summed E-state index contributed by atoms with van der Waals surface area (Å²) in [5.74, 6) is -0.955. The van der Waals surface area contributed by atoms with Crippen molar-refractivity contribution in [3.63, 3.8) is 0 Å². The van der Waals surface area contributed by atoms with Crippen molar-refractivity contribution in [2.45, 2.75) is 82.0 Å². The minimum atomic E-state index is -4.86. The van der Waals surface area contributed by atoms with Gasteiger partial charge in [0.25, 0.3) is 0 Å². The Bertz CT molecular complexity index is 1820. The maximum absolute atomic E-state index is 14.0. The fourth-order valence-electron chi connectivity index (χ4n) is 6.78. The van der Waals surface area contributed by atoms with Crippen molar-refractivity contribution in [3.8, 4) is 5.75 Å². The maximum atomic E-state index is 14.0. The third-order valence-corrected chi connectivity index (χ3v) is 10.2. The quantitative estimate of drug-likeness (QED) is 0.214. The summed E-state index contributed by atoms with van der Waals surface area (Å²) >= 11 is 6.68. The highest BCUT2D eigenvalue weighted by Crippen LogP contribution is 2.49. The molecule has 3 heterocycles. The van der Waals surface area contributed by atoms with Gasteiger partial charge >= 0.3 is 18.4 Å². The molecule has 17 heteroatoms. The van der Waals surface area contributed by atoms with E-state index in [1.807, 2.05) is 6.92 Å².